The highest BCUT2D eigenvalue weighted by Gasteiger charge is 2.28. The largest absolute Gasteiger partial charge is 0.505 e. The first kappa shape index (κ1) is 38.6. The number of methoxy groups -OCH3 is 1. The Labute approximate surface area is 353 Å². The molecule has 0 saturated carbocycles. The summed E-state index contributed by atoms with van der Waals surface area (Å²) >= 11 is 6.27. The number of phenols is 2. The first-order valence-electron chi connectivity index (χ1n) is 19.0. The summed E-state index contributed by atoms with van der Waals surface area (Å²) in [4.78, 5) is 33.0. The molecule has 61 heavy (non-hydrogen) atoms. The molecule has 0 atom stereocenters. The number of aromatic hydroxyl groups is 2. The van der Waals surface area contributed by atoms with Crippen LogP contribution in [-0.2, 0) is 11.4 Å². The number of nitrogens with one attached hydrogen (secondary N) is 2. The maximum Gasteiger partial charge on any atom is 0.259 e. The van der Waals surface area contributed by atoms with E-state index in [0.29, 0.717) is 71.9 Å². The Balaban J connectivity index is 0.967. The van der Waals surface area contributed by atoms with E-state index >= 15 is 0 Å². The van der Waals surface area contributed by atoms with E-state index in [0.717, 1.165) is 10.9 Å². The number of carbonyl (C=O) groups is 2. The number of carbonyl (C=O) groups excluding carboxylic acids is 2. The molecule has 0 saturated heterocycles. The molecule has 0 fully saturated rings. The van der Waals surface area contributed by atoms with Crippen molar-refractivity contribution in [2.24, 2.45) is 20.5 Å². The van der Waals surface area contributed by atoms with Crippen molar-refractivity contribution in [3.63, 3.8) is 0 Å². The van der Waals surface area contributed by atoms with Gasteiger partial charge in [-0.2, -0.15) is 10.2 Å². The number of ketones is 1. The van der Waals surface area contributed by atoms with E-state index in [9.17, 15) is 19.8 Å². The van der Waals surface area contributed by atoms with Gasteiger partial charge in [-0.25, -0.2) is 0 Å². The summed E-state index contributed by atoms with van der Waals surface area (Å²) in [5.41, 5.74) is 7.77. The van der Waals surface area contributed by atoms with Crippen LogP contribution in [0.4, 0.5) is 34.1 Å². The fraction of sp³-hybridized carbons (Fsp3) is 0.0417. The third-order valence-electron chi connectivity index (χ3n) is 10.3. The van der Waals surface area contributed by atoms with E-state index in [2.05, 4.69) is 31.3 Å². The lowest BCUT2D eigenvalue weighted by atomic mass is 10.0. The third-order valence-corrected chi connectivity index (χ3v) is 10.6. The number of hydrogen-bond acceptors (Lipinski definition) is 11. The zero-order chi connectivity index (χ0) is 42.0. The lowest BCUT2D eigenvalue weighted by Crippen LogP contribution is -2.12. The van der Waals surface area contributed by atoms with Gasteiger partial charge in [-0.05, 0) is 82.6 Å². The van der Waals surface area contributed by atoms with Gasteiger partial charge in [-0.1, -0.05) is 96.5 Å². The molecule has 1 amide bonds. The number of rotatable bonds is 11. The topological polar surface area (TPSA) is 167 Å². The molecule has 13 heteroatoms. The van der Waals surface area contributed by atoms with Gasteiger partial charge in [0.15, 0.2) is 11.5 Å². The zero-order valence-corrected chi connectivity index (χ0v) is 33.0. The van der Waals surface area contributed by atoms with Gasteiger partial charge in [-0.15, -0.1) is 10.2 Å². The second-order valence-electron chi connectivity index (χ2n) is 14.0. The number of azo groups is 2. The molecular formula is C48H33ClN6O6. The first-order chi connectivity index (χ1) is 29.8. The number of nitrogens with zero attached hydrogens (tertiary/aromatic N) is 4. The van der Waals surface area contributed by atoms with Gasteiger partial charge in [0.05, 0.1) is 34.8 Å². The molecule has 0 bridgehead atoms. The number of anilines is 2. The lowest BCUT2D eigenvalue weighted by Gasteiger charge is -2.13. The minimum atomic E-state index is -0.574. The van der Waals surface area contributed by atoms with Crippen LogP contribution in [0, 0.1) is 0 Å². The molecule has 8 aromatic carbocycles. The van der Waals surface area contributed by atoms with E-state index in [1.165, 1.54) is 0 Å². The number of hydrogen-bond donors (Lipinski definition) is 4. The predicted octanol–water partition coefficient (Wildman–Crippen LogP) is 12.9. The van der Waals surface area contributed by atoms with E-state index in [1.54, 1.807) is 92.0 Å². The maximum atomic E-state index is 13.9. The van der Waals surface area contributed by atoms with Crippen LogP contribution in [-0.4, -0.2) is 29.0 Å². The van der Waals surface area contributed by atoms with Gasteiger partial charge >= 0.3 is 0 Å². The smallest absolute Gasteiger partial charge is 0.259 e. The zero-order valence-electron chi connectivity index (χ0n) is 32.3. The number of benzene rings is 8. The Kier molecular flexibility index (Phi) is 10.4. The van der Waals surface area contributed by atoms with Gasteiger partial charge in [0.1, 0.15) is 35.2 Å². The van der Waals surface area contributed by atoms with Crippen molar-refractivity contribution >= 4 is 79.0 Å². The molecular weight excluding hydrogens is 792 g/mol. The van der Waals surface area contributed by atoms with Crippen molar-refractivity contribution in [2.75, 3.05) is 17.9 Å². The van der Waals surface area contributed by atoms with Crippen LogP contribution < -0.4 is 15.5 Å². The third kappa shape index (κ3) is 7.48. The van der Waals surface area contributed by atoms with Gasteiger partial charge in [-0.3, -0.25) is 19.9 Å². The van der Waals surface area contributed by atoms with Gasteiger partial charge < -0.3 is 20.3 Å². The highest BCUT2D eigenvalue weighted by Crippen LogP contribution is 2.44. The predicted molar refractivity (Wildman–Crippen MR) is 236 cm³/mol. The minimum absolute atomic E-state index is 0.0101. The van der Waals surface area contributed by atoms with Crippen molar-refractivity contribution in [3.05, 3.63) is 173 Å². The molecule has 12 nitrogen and oxygen atoms in total. The minimum Gasteiger partial charge on any atom is -0.505 e. The van der Waals surface area contributed by atoms with Gasteiger partial charge in [0, 0.05) is 27.5 Å². The summed E-state index contributed by atoms with van der Waals surface area (Å²) in [6, 6.07) is 42.6. The summed E-state index contributed by atoms with van der Waals surface area (Å²) in [5, 5.41) is 46.4. The standard InChI is InChI=1S/C48H33ClN6O6/c1-60-42-17-9-8-16-41(42)55-61-26-29-22-27-10-2-4-12-32(27)43(45(29)56)53-51-30-18-20-34-35-21-19-31(25-37(35)46(57)36(34)24-30)52-54-44-33-13-5-3-11-28(33)23-38(47(44)58)48(59)50-40-15-7-6-14-39(40)49/h2-25,55-56,58H,26H2,1H3,(H,50,59). The Bertz CT molecular complexity index is 3130. The summed E-state index contributed by atoms with van der Waals surface area (Å²) in [5.74, 6) is -0.659. The molecule has 9 rings (SSSR count). The summed E-state index contributed by atoms with van der Waals surface area (Å²) in [7, 11) is 1.57. The molecule has 1 aliphatic rings. The molecule has 0 spiro atoms. The van der Waals surface area contributed by atoms with Gasteiger partial charge in [0.25, 0.3) is 5.91 Å². The van der Waals surface area contributed by atoms with E-state index in [-0.39, 0.29) is 40.8 Å². The normalized spacial score (nSPS) is 12.0. The summed E-state index contributed by atoms with van der Waals surface area (Å²) < 4.78 is 5.38. The van der Waals surface area contributed by atoms with Crippen LogP contribution in [0.2, 0.25) is 5.02 Å². The van der Waals surface area contributed by atoms with E-state index in [4.69, 9.17) is 21.2 Å². The molecule has 1 aliphatic carbocycles. The average molecular weight is 825 g/mol. The Hall–Kier alpha value is -7.93. The maximum absolute atomic E-state index is 13.9. The molecule has 0 unspecified atom stereocenters. The molecule has 4 N–H and O–H groups in total. The number of fused-ring (bicyclic) bond motifs is 5. The molecule has 0 aliphatic heterocycles. The fourth-order valence-corrected chi connectivity index (χ4v) is 7.43. The second kappa shape index (κ2) is 16.4. The van der Waals surface area contributed by atoms with E-state index in [1.807, 2.05) is 60.7 Å². The van der Waals surface area contributed by atoms with Crippen LogP contribution in [0.25, 0.3) is 32.7 Å². The number of amides is 1. The number of ether oxygens (including phenoxy) is 1. The molecule has 298 valence electrons. The fourth-order valence-electron chi connectivity index (χ4n) is 7.24. The summed E-state index contributed by atoms with van der Waals surface area (Å²) in [6.07, 6.45) is 0. The van der Waals surface area contributed by atoms with Crippen LogP contribution in [0.15, 0.2) is 166 Å². The molecule has 0 aromatic heterocycles. The van der Waals surface area contributed by atoms with Crippen molar-refractivity contribution in [1.82, 2.24) is 0 Å². The SMILES string of the molecule is COc1ccccc1NOCc1cc2ccccc2c(N=Nc2ccc3c(c2)C(=O)c2cc(N=Nc4c(O)c(C(=O)Nc5ccccc5Cl)cc5ccccc45)ccc2-3)c1O. The number of para-hydroxylation sites is 3. The van der Waals surface area contributed by atoms with Crippen molar-refractivity contribution in [1.29, 1.82) is 0 Å². The Morgan fingerprint density at radius 1 is 0.623 bits per heavy atom. The quantitative estimate of drug-likeness (QED) is 0.0744. The van der Waals surface area contributed by atoms with Crippen molar-refractivity contribution in [2.45, 2.75) is 6.61 Å². The Morgan fingerprint density at radius 2 is 1.18 bits per heavy atom. The van der Waals surface area contributed by atoms with Crippen LogP contribution in [0.5, 0.6) is 17.2 Å². The van der Waals surface area contributed by atoms with Crippen molar-refractivity contribution in [3.8, 4) is 28.4 Å². The lowest BCUT2D eigenvalue weighted by molar-refractivity contribution is 0.102. The molecule has 0 radical (unpaired) electrons. The van der Waals surface area contributed by atoms with Crippen LogP contribution >= 0.6 is 11.6 Å². The summed E-state index contributed by atoms with van der Waals surface area (Å²) in [6.45, 7) is 0.0101. The van der Waals surface area contributed by atoms with Crippen molar-refractivity contribution < 1.29 is 29.4 Å². The van der Waals surface area contributed by atoms with E-state index < -0.39 is 5.91 Å². The van der Waals surface area contributed by atoms with Crippen LogP contribution in [0.3, 0.4) is 0 Å². The average Bonchev–Trinajstić information content (AvgIpc) is 3.56. The number of phenolic OH excluding ortho intramolecular Hbond substituents is 2. The first-order valence-corrected chi connectivity index (χ1v) is 19.4. The highest BCUT2D eigenvalue weighted by molar-refractivity contribution is 6.34. The number of halogens is 1. The highest BCUT2D eigenvalue weighted by atomic mass is 35.5. The molecule has 8 aromatic rings. The molecule has 0 heterocycles. The monoisotopic (exact) mass is 824 g/mol. The van der Waals surface area contributed by atoms with Crippen LogP contribution in [0.1, 0.15) is 31.8 Å². The second-order valence-corrected chi connectivity index (χ2v) is 14.4. The Morgan fingerprint density at radius 3 is 1.82 bits per heavy atom. The van der Waals surface area contributed by atoms with Gasteiger partial charge in [0.2, 0.25) is 0 Å².